The normalized spacial score (nSPS) is 11.1. The molecule has 0 aliphatic heterocycles. The molecule has 0 bridgehead atoms. The van der Waals surface area contributed by atoms with Gasteiger partial charge in [-0.25, -0.2) is 17.2 Å². The summed E-state index contributed by atoms with van der Waals surface area (Å²) in [5.74, 6) is -3.42. The molecule has 0 aliphatic carbocycles. The van der Waals surface area contributed by atoms with Crippen LogP contribution in [0, 0.1) is 11.6 Å². The second-order valence-corrected chi connectivity index (χ2v) is 9.49. The van der Waals surface area contributed by atoms with E-state index < -0.39 is 33.3 Å². The highest BCUT2D eigenvalue weighted by atomic mass is 32.2. The summed E-state index contributed by atoms with van der Waals surface area (Å²) in [6, 6.07) is 11.9. The lowest BCUT2D eigenvalue weighted by Crippen LogP contribution is -2.17. The van der Waals surface area contributed by atoms with Crippen molar-refractivity contribution in [3.63, 3.8) is 0 Å². The standard InChI is InChI=1S/C20H16F2N2O4S2/c21-16-8-7-15(12-17(16)22)24-20(26)13-3-5-14(6-4-13)23-18(25)9-11-30(27,28)19-2-1-10-29-19/h1-8,10,12H,9,11H2,(H,23,25)(H,24,26). The molecule has 2 aromatic carbocycles. The highest BCUT2D eigenvalue weighted by Gasteiger charge is 2.17. The van der Waals surface area contributed by atoms with Crippen molar-refractivity contribution < 1.29 is 26.8 Å². The Bertz CT molecular complexity index is 1160. The first kappa shape index (κ1) is 21.6. The average molecular weight is 450 g/mol. The highest BCUT2D eigenvalue weighted by molar-refractivity contribution is 7.93. The predicted octanol–water partition coefficient (Wildman–Crippen LogP) is 4.08. The fraction of sp³-hybridized carbons (Fsp3) is 0.100. The molecule has 10 heteroatoms. The molecular weight excluding hydrogens is 434 g/mol. The summed E-state index contributed by atoms with van der Waals surface area (Å²) in [7, 11) is -3.50. The number of benzene rings is 2. The van der Waals surface area contributed by atoms with Crippen LogP contribution in [0.25, 0.3) is 0 Å². The summed E-state index contributed by atoms with van der Waals surface area (Å²) in [5, 5.41) is 6.65. The molecule has 0 aliphatic rings. The van der Waals surface area contributed by atoms with Gasteiger partial charge in [0, 0.05) is 29.4 Å². The first-order chi connectivity index (χ1) is 14.2. The van der Waals surface area contributed by atoms with E-state index in [0.717, 1.165) is 23.5 Å². The molecule has 1 heterocycles. The quantitative estimate of drug-likeness (QED) is 0.567. The summed E-state index contributed by atoms with van der Waals surface area (Å²) in [5.41, 5.74) is 0.721. The Balaban J connectivity index is 1.55. The van der Waals surface area contributed by atoms with Crippen LogP contribution in [-0.2, 0) is 14.6 Å². The minimum absolute atomic E-state index is 0.100. The Morgan fingerprint density at radius 1 is 0.900 bits per heavy atom. The van der Waals surface area contributed by atoms with E-state index in [0.29, 0.717) is 5.69 Å². The van der Waals surface area contributed by atoms with Crippen molar-refractivity contribution in [2.24, 2.45) is 0 Å². The maximum atomic E-state index is 13.2. The molecule has 0 saturated carbocycles. The molecule has 1 aromatic heterocycles. The van der Waals surface area contributed by atoms with Gasteiger partial charge in [-0.3, -0.25) is 9.59 Å². The lowest BCUT2D eigenvalue weighted by atomic mass is 10.2. The van der Waals surface area contributed by atoms with Gasteiger partial charge in [-0.2, -0.15) is 0 Å². The molecule has 3 aromatic rings. The number of anilines is 2. The third-order valence-electron chi connectivity index (χ3n) is 4.01. The van der Waals surface area contributed by atoms with Crippen LogP contribution in [0.2, 0.25) is 0 Å². The summed E-state index contributed by atoms with van der Waals surface area (Å²) < 4.78 is 50.6. The van der Waals surface area contributed by atoms with E-state index in [9.17, 15) is 26.8 Å². The number of hydrogen-bond donors (Lipinski definition) is 2. The third kappa shape index (κ3) is 5.49. The zero-order chi connectivity index (χ0) is 21.7. The fourth-order valence-electron chi connectivity index (χ4n) is 2.47. The molecule has 0 radical (unpaired) electrons. The van der Waals surface area contributed by atoms with Gasteiger partial charge in [-0.1, -0.05) is 6.07 Å². The van der Waals surface area contributed by atoms with Crippen molar-refractivity contribution in [1.29, 1.82) is 0 Å². The van der Waals surface area contributed by atoms with Crippen LogP contribution in [0.3, 0.4) is 0 Å². The van der Waals surface area contributed by atoms with Crippen LogP contribution in [0.15, 0.2) is 64.2 Å². The van der Waals surface area contributed by atoms with Crippen molar-refractivity contribution in [3.8, 4) is 0 Å². The van der Waals surface area contributed by atoms with Crippen LogP contribution >= 0.6 is 11.3 Å². The van der Waals surface area contributed by atoms with E-state index in [2.05, 4.69) is 10.6 Å². The zero-order valence-corrected chi connectivity index (χ0v) is 17.0. The number of carbonyl (C=O) groups is 2. The van der Waals surface area contributed by atoms with Gasteiger partial charge in [0.05, 0.1) is 5.75 Å². The van der Waals surface area contributed by atoms with Gasteiger partial charge in [0.1, 0.15) is 4.21 Å². The number of thiophene rings is 1. The largest absolute Gasteiger partial charge is 0.326 e. The van der Waals surface area contributed by atoms with Gasteiger partial charge in [0.25, 0.3) is 5.91 Å². The molecular formula is C20H16F2N2O4S2. The number of nitrogens with one attached hydrogen (secondary N) is 2. The predicted molar refractivity (Wildman–Crippen MR) is 110 cm³/mol. The van der Waals surface area contributed by atoms with Crippen molar-refractivity contribution >= 4 is 44.4 Å². The number of carbonyl (C=O) groups excluding carboxylic acids is 2. The van der Waals surface area contributed by atoms with Gasteiger partial charge in [-0.05, 0) is 47.8 Å². The second kappa shape index (κ2) is 9.14. The summed E-state index contributed by atoms with van der Waals surface area (Å²) in [4.78, 5) is 24.2. The zero-order valence-electron chi connectivity index (χ0n) is 15.4. The fourth-order valence-corrected chi connectivity index (χ4v) is 4.87. The number of sulfone groups is 1. The topological polar surface area (TPSA) is 92.3 Å². The summed E-state index contributed by atoms with van der Waals surface area (Å²) in [6.45, 7) is 0. The van der Waals surface area contributed by atoms with Gasteiger partial charge in [-0.15, -0.1) is 11.3 Å². The van der Waals surface area contributed by atoms with Crippen molar-refractivity contribution in [1.82, 2.24) is 0 Å². The lowest BCUT2D eigenvalue weighted by Gasteiger charge is -2.08. The minimum Gasteiger partial charge on any atom is -0.326 e. The van der Waals surface area contributed by atoms with E-state index >= 15 is 0 Å². The van der Waals surface area contributed by atoms with Crippen molar-refractivity contribution in [3.05, 3.63) is 77.2 Å². The average Bonchev–Trinajstić information content (AvgIpc) is 3.26. The first-order valence-electron chi connectivity index (χ1n) is 8.67. The van der Waals surface area contributed by atoms with Gasteiger partial charge < -0.3 is 10.6 Å². The number of hydrogen-bond acceptors (Lipinski definition) is 5. The van der Waals surface area contributed by atoms with Crippen molar-refractivity contribution in [2.75, 3.05) is 16.4 Å². The molecule has 0 spiro atoms. The maximum absolute atomic E-state index is 13.2. The summed E-state index contributed by atoms with van der Waals surface area (Å²) in [6.07, 6.45) is -0.210. The highest BCUT2D eigenvalue weighted by Crippen LogP contribution is 2.19. The van der Waals surface area contributed by atoms with Crippen LogP contribution in [0.1, 0.15) is 16.8 Å². The minimum atomic E-state index is -3.50. The molecule has 2 amide bonds. The Kier molecular flexibility index (Phi) is 6.58. The molecule has 0 fully saturated rings. The van der Waals surface area contributed by atoms with Gasteiger partial charge in [0.15, 0.2) is 21.5 Å². The number of halogens is 2. The second-order valence-electron chi connectivity index (χ2n) is 6.21. The van der Waals surface area contributed by atoms with Gasteiger partial charge >= 0.3 is 0 Å². The van der Waals surface area contributed by atoms with E-state index in [1.807, 2.05) is 0 Å². The molecule has 0 unspecified atom stereocenters. The molecule has 0 saturated heterocycles. The molecule has 156 valence electrons. The van der Waals surface area contributed by atoms with E-state index in [-0.39, 0.29) is 27.6 Å². The first-order valence-corrected chi connectivity index (χ1v) is 11.2. The van der Waals surface area contributed by atoms with Crippen LogP contribution in [0.5, 0.6) is 0 Å². The molecule has 3 rings (SSSR count). The van der Waals surface area contributed by atoms with E-state index in [1.165, 1.54) is 36.4 Å². The van der Waals surface area contributed by atoms with Crippen LogP contribution in [-0.4, -0.2) is 26.0 Å². The van der Waals surface area contributed by atoms with Crippen molar-refractivity contribution in [2.45, 2.75) is 10.6 Å². The van der Waals surface area contributed by atoms with Crippen LogP contribution < -0.4 is 10.6 Å². The molecule has 2 N–H and O–H groups in total. The van der Waals surface area contributed by atoms with E-state index in [1.54, 1.807) is 11.4 Å². The number of rotatable bonds is 7. The monoisotopic (exact) mass is 450 g/mol. The SMILES string of the molecule is O=C(CCS(=O)(=O)c1cccs1)Nc1ccc(C(=O)Nc2ccc(F)c(F)c2)cc1. The number of amides is 2. The summed E-state index contributed by atoms with van der Waals surface area (Å²) >= 11 is 1.09. The Morgan fingerprint density at radius 3 is 2.23 bits per heavy atom. The van der Waals surface area contributed by atoms with Crippen LogP contribution in [0.4, 0.5) is 20.2 Å². The molecule has 0 atom stereocenters. The van der Waals surface area contributed by atoms with Gasteiger partial charge in [0.2, 0.25) is 5.91 Å². The Labute approximate surface area is 175 Å². The molecule has 6 nitrogen and oxygen atoms in total. The Hall–Kier alpha value is -3.11. The maximum Gasteiger partial charge on any atom is 0.255 e. The smallest absolute Gasteiger partial charge is 0.255 e. The lowest BCUT2D eigenvalue weighted by molar-refractivity contribution is -0.115. The third-order valence-corrected chi connectivity index (χ3v) is 7.21. The Morgan fingerprint density at radius 2 is 1.60 bits per heavy atom. The molecule has 30 heavy (non-hydrogen) atoms. The van der Waals surface area contributed by atoms with E-state index in [4.69, 9.17) is 0 Å².